The van der Waals surface area contributed by atoms with Gasteiger partial charge in [-0.2, -0.15) is 0 Å². The number of hydrogen-bond acceptors (Lipinski definition) is 4. The van der Waals surface area contributed by atoms with Crippen LogP contribution in [0, 0.1) is 22.7 Å². The van der Waals surface area contributed by atoms with Gasteiger partial charge in [-0.25, -0.2) is 4.79 Å². The second-order valence-corrected chi connectivity index (χ2v) is 10.4. The van der Waals surface area contributed by atoms with Gasteiger partial charge in [-0.15, -0.1) is 0 Å². The highest BCUT2D eigenvalue weighted by Crippen LogP contribution is 2.62. The van der Waals surface area contributed by atoms with Gasteiger partial charge in [0.15, 0.2) is 0 Å². The highest BCUT2D eigenvalue weighted by atomic mass is 16.4. The number of primary amides is 1. The third-order valence-corrected chi connectivity index (χ3v) is 7.97. The Bertz CT molecular complexity index is 850. The molecule has 184 valence electrons. The summed E-state index contributed by atoms with van der Waals surface area (Å²) >= 11 is 0. The van der Waals surface area contributed by atoms with Crippen molar-refractivity contribution < 1.29 is 29.4 Å². The lowest BCUT2D eigenvalue weighted by Crippen LogP contribution is -2.53. The number of aliphatic carboxylic acids is 2. The van der Waals surface area contributed by atoms with Crippen LogP contribution in [0.4, 0.5) is 0 Å². The number of carboxylic acid groups (broad SMARTS) is 2. The van der Waals surface area contributed by atoms with Gasteiger partial charge < -0.3 is 21.3 Å². The van der Waals surface area contributed by atoms with Crippen molar-refractivity contribution in [1.29, 1.82) is 0 Å². The van der Waals surface area contributed by atoms with Crippen molar-refractivity contribution in [2.45, 2.75) is 84.6 Å². The molecule has 5 atom stereocenters. The normalized spacial score (nSPS) is 30.8. The molecule has 2 aliphatic rings. The molecule has 0 heterocycles. The van der Waals surface area contributed by atoms with Crippen LogP contribution in [-0.2, 0) is 19.2 Å². The number of allylic oxidation sites excluding steroid dienone is 2. The minimum atomic E-state index is -1.21. The number of rotatable bonds is 10. The van der Waals surface area contributed by atoms with E-state index >= 15 is 0 Å². The minimum absolute atomic E-state index is 0.0582. The maximum absolute atomic E-state index is 12.3. The van der Waals surface area contributed by atoms with E-state index in [9.17, 15) is 29.4 Å². The van der Waals surface area contributed by atoms with E-state index in [1.54, 1.807) is 0 Å². The lowest BCUT2D eigenvalue weighted by Gasteiger charge is -2.57. The van der Waals surface area contributed by atoms with Gasteiger partial charge in [0.25, 0.3) is 0 Å². The minimum Gasteiger partial charge on any atom is -0.481 e. The smallest absolute Gasteiger partial charge is 0.326 e. The standard InChI is InChI=1S/C25H38N2O6/c1-15(13-21(29)27-18(22(30)31)8-10-20(26)28)5-7-17-11-12-24(3,23(32)33)19-9-6-16(2)14-25(17,19)4/h13,17-19H,2,5-12,14H2,1,3-4H3,(H2,26,28)(H,27,29)(H,30,31)(H,32,33)/b15-13+/t17?,18?,19?,24?,25-/m1/s1. The molecule has 0 aromatic carbocycles. The van der Waals surface area contributed by atoms with Gasteiger partial charge >= 0.3 is 11.9 Å². The molecule has 0 spiro atoms. The molecule has 8 heteroatoms. The van der Waals surface area contributed by atoms with Crippen LogP contribution in [0.25, 0.3) is 0 Å². The average Bonchev–Trinajstić information content (AvgIpc) is 2.69. The van der Waals surface area contributed by atoms with E-state index < -0.39 is 35.2 Å². The lowest BCUT2D eigenvalue weighted by atomic mass is 9.46. The van der Waals surface area contributed by atoms with Gasteiger partial charge in [-0.05, 0) is 82.5 Å². The summed E-state index contributed by atoms with van der Waals surface area (Å²) in [6.45, 7) is 10.1. The molecule has 2 aliphatic carbocycles. The monoisotopic (exact) mass is 462 g/mol. The number of nitrogens with two attached hydrogens (primary N) is 1. The first-order valence-corrected chi connectivity index (χ1v) is 11.7. The van der Waals surface area contributed by atoms with Crippen molar-refractivity contribution in [2.24, 2.45) is 28.4 Å². The first-order chi connectivity index (χ1) is 15.3. The van der Waals surface area contributed by atoms with Crippen LogP contribution in [-0.4, -0.2) is 40.0 Å². The van der Waals surface area contributed by atoms with E-state index in [4.69, 9.17) is 5.73 Å². The lowest BCUT2D eigenvalue weighted by molar-refractivity contribution is -0.166. The number of fused-ring (bicyclic) bond motifs is 1. The summed E-state index contributed by atoms with van der Waals surface area (Å²) < 4.78 is 0. The Morgan fingerprint density at radius 3 is 2.45 bits per heavy atom. The number of nitrogens with one attached hydrogen (secondary N) is 1. The average molecular weight is 463 g/mol. The molecule has 0 aromatic rings. The van der Waals surface area contributed by atoms with Crippen molar-refractivity contribution in [3.05, 3.63) is 23.8 Å². The molecule has 0 radical (unpaired) electrons. The van der Waals surface area contributed by atoms with Crippen LogP contribution in [0.15, 0.2) is 23.8 Å². The Hall–Kier alpha value is -2.64. The molecule has 8 nitrogen and oxygen atoms in total. The molecule has 2 fully saturated rings. The highest BCUT2D eigenvalue weighted by molar-refractivity contribution is 5.91. The molecule has 2 rings (SSSR count). The first-order valence-electron chi connectivity index (χ1n) is 11.7. The van der Waals surface area contributed by atoms with E-state index in [-0.39, 0.29) is 24.2 Å². The molecule has 2 amide bonds. The van der Waals surface area contributed by atoms with E-state index in [1.165, 1.54) is 11.6 Å². The fourth-order valence-corrected chi connectivity index (χ4v) is 6.07. The SMILES string of the molecule is C=C1CCC2C(C)(C(=O)O)CCC(CC/C(C)=C/C(=O)NC(CCC(N)=O)C(=O)O)[C@@]2(C)C1. The van der Waals surface area contributed by atoms with Crippen LogP contribution in [0.5, 0.6) is 0 Å². The fourth-order valence-electron chi connectivity index (χ4n) is 6.07. The van der Waals surface area contributed by atoms with Crippen molar-refractivity contribution >= 4 is 23.8 Å². The van der Waals surface area contributed by atoms with E-state index in [0.717, 1.165) is 37.7 Å². The Labute approximate surface area is 195 Å². The van der Waals surface area contributed by atoms with Gasteiger partial charge in [0.2, 0.25) is 11.8 Å². The second-order valence-electron chi connectivity index (χ2n) is 10.4. The summed E-state index contributed by atoms with van der Waals surface area (Å²) in [6.07, 6.45) is 6.71. The summed E-state index contributed by atoms with van der Waals surface area (Å²) in [4.78, 5) is 46.7. The molecular formula is C25H38N2O6. The summed E-state index contributed by atoms with van der Waals surface area (Å²) in [7, 11) is 0. The van der Waals surface area contributed by atoms with Gasteiger partial charge in [0.1, 0.15) is 6.04 Å². The maximum atomic E-state index is 12.3. The first kappa shape index (κ1) is 26.6. The van der Waals surface area contributed by atoms with Crippen molar-refractivity contribution in [1.82, 2.24) is 5.32 Å². The third-order valence-electron chi connectivity index (χ3n) is 7.97. The van der Waals surface area contributed by atoms with E-state index in [2.05, 4.69) is 18.8 Å². The molecule has 0 saturated heterocycles. The zero-order valence-electron chi connectivity index (χ0n) is 20.0. The molecule has 0 aromatic heterocycles. The Morgan fingerprint density at radius 2 is 1.88 bits per heavy atom. The maximum Gasteiger partial charge on any atom is 0.326 e. The van der Waals surface area contributed by atoms with Crippen molar-refractivity contribution in [3.8, 4) is 0 Å². The van der Waals surface area contributed by atoms with Gasteiger partial charge in [-0.1, -0.05) is 24.6 Å². The second kappa shape index (κ2) is 10.5. The van der Waals surface area contributed by atoms with Crippen LogP contribution in [0.3, 0.4) is 0 Å². The predicted octanol–water partition coefficient (Wildman–Crippen LogP) is 3.41. The molecule has 33 heavy (non-hydrogen) atoms. The quantitative estimate of drug-likeness (QED) is 0.289. The van der Waals surface area contributed by atoms with Crippen LogP contribution < -0.4 is 11.1 Å². The van der Waals surface area contributed by atoms with E-state index in [0.29, 0.717) is 18.8 Å². The largest absolute Gasteiger partial charge is 0.481 e. The van der Waals surface area contributed by atoms with Gasteiger partial charge in [-0.3, -0.25) is 14.4 Å². The fraction of sp³-hybridized carbons (Fsp3) is 0.680. The Balaban J connectivity index is 2.05. The van der Waals surface area contributed by atoms with Crippen LogP contribution >= 0.6 is 0 Å². The Morgan fingerprint density at radius 1 is 1.21 bits per heavy atom. The Kier molecular flexibility index (Phi) is 8.49. The number of carbonyl (C=O) groups is 4. The van der Waals surface area contributed by atoms with E-state index in [1.807, 2.05) is 13.8 Å². The topological polar surface area (TPSA) is 147 Å². The molecule has 0 aliphatic heterocycles. The van der Waals surface area contributed by atoms with Gasteiger partial charge in [0, 0.05) is 12.5 Å². The zero-order chi connectivity index (χ0) is 25.0. The summed E-state index contributed by atoms with van der Waals surface area (Å²) in [5, 5.41) is 21.6. The van der Waals surface area contributed by atoms with Crippen LogP contribution in [0.2, 0.25) is 0 Å². The highest BCUT2D eigenvalue weighted by Gasteiger charge is 2.57. The summed E-state index contributed by atoms with van der Waals surface area (Å²) in [6, 6.07) is -1.17. The molecule has 4 unspecified atom stereocenters. The van der Waals surface area contributed by atoms with Gasteiger partial charge in [0.05, 0.1) is 5.41 Å². The number of hydrogen-bond donors (Lipinski definition) is 4. The molecular weight excluding hydrogens is 424 g/mol. The zero-order valence-corrected chi connectivity index (χ0v) is 20.0. The van der Waals surface area contributed by atoms with Crippen LogP contribution in [0.1, 0.15) is 78.6 Å². The summed E-state index contributed by atoms with van der Waals surface area (Å²) in [5.41, 5.74) is 6.20. The third kappa shape index (κ3) is 6.24. The van der Waals surface area contributed by atoms with Crippen molar-refractivity contribution in [3.63, 3.8) is 0 Å². The number of amides is 2. The molecule has 2 saturated carbocycles. The molecule has 0 bridgehead atoms. The van der Waals surface area contributed by atoms with Crippen molar-refractivity contribution in [2.75, 3.05) is 0 Å². The number of carboxylic acids is 2. The predicted molar refractivity (Wildman–Crippen MR) is 124 cm³/mol. The number of carbonyl (C=O) groups excluding carboxylic acids is 2. The molecule has 5 N–H and O–H groups in total. The summed E-state index contributed by atoms with van der Waals surface area (Å²) in [5.74, 6) is -2.66.